The van der Waals surface area contributed by atoms with E-state index in [2.05, 4.69) is 4.98 Å². The highest BCUT2D eigenvalue weighted by molar-refractivity contribution is 5.65. The maximum Gasteiger partial charge on any atom is 0.416 e. The van der Waals surface area contributed by atoms with Gasteiger partial charge in [0.1, 0.15) is 0 Å². The molecule has 0 aliphatic heterocycles. The second-order valence-corrected chi connectivity index (χ2v) is 3.87. The Morgan fingerprint density at radius 2 is 1.85 bits per heavy atom. The minimum Gasteiger partial charge on any atom is -0.258 e. The molecule has 104 valence electrons. The van der Waals surface area contributed by atoms with E-state index in [4.69, 9.17) is 0 Å². The van der Waals surface area contributed by atoms with Crippen molar-refractivity contribution in [3.05, 3.63) is 58.2 Å². The SMILES string of the molecule is O=[N+]([O-])c1cc(-c2cccc(C(F)(F)F)c2)cnc1F. The Morgan fingerprint density at radius 1 is 1.15 bits per heavy atom. The van der Waals surface area contributed by atoms with Crippen LogP contribution in [0.2, 0.25) is 0 Å². The van der Waals surface area contributed by atoms with Crippen LogP contribution in [0.5, 0.6) is 0 Å². The summed E-state index contributed by atoms with van der Waals surface area (Å²) in [4.78, 5) is 12.8. The standard InChI is InChI=1S/C12H6F4N2O2/c13-11-10(18(19)20)5-8(6-17-11)7-2-1-3-9(4-7)12(14,15)16/h1-6H. The molecule has 0 saturated carbocycles. The fourth-order valence-electron chi connectivity index (χ4n) is 1.60. The van der Waals surface area contributed by atoms with E-state index in [0.29, 0.717) is 0 Å². The maximum absolute atomic E-state index is 13.1. The average Bonchev–Trinajstić information content (AvgIpc) is 2.38. The van der Waals surface area contributed by atoms with Gasteiger partial charge in [-0.05, 0) is 17.7 Å². The van der Waals surface area contributed by atoms with Gasteiger partial charge in [-0.25, -0.2) is 4.98 Å². The highest BCUT2D eigenvalue weighted by atomic mass is 19.4. The Bertz CT molecular complexity index is 671. The molecule has 8 heteroatoms. The molecule has 0 atom stereocenters. The van der Waals surface area contributed by atoms with Crippen molar-refractivity contribution in [2.45, 2.75) is 6.18 Å². The van der Waals surface area contributed by atoms with Gasteiger partial charge in [-0.1, -0.05) is 12.1 Å². The summed E-state index contributed by atoms with van der Waals surface area (Å²) in [7, 11) is 0. The van der Waals surface area contributed by atoms with Crippen LogP contribution in [-0.4, -0.2) is 9.91 Å². The minimum atomic E-state index is -4.53. The van der Waals surface area contributed by atoms with Gasteiger partial charge in [-0.2, -0.15) is 17.6 Å². The number of alkyl halides is 3. The fourth-order valence-corrected chi connectivity index (χ4v) is 1.60. The number of halogens is 4. The molecule has 0 aliphatic carbocycles. The molecule has 0 spiro atoms. The van der Waals surface area contributed by atoms with Crippen LogP contribution in [0.25, 0.3) is 11.1 Å². The molecule has 0 bridgehead atoms. The Morgan fingerprint density at radius 3 is 2.45 bits per heavy atom. The van der Waals surface area contributed by atoms with Gasteiger partial charge in [0.15, 0.2) is 0 Å². The van der Waals surface area contributed by atoms with Gasteiger partial charge in [0.2, 0.25) is 0 Å². The first kappa shape index (κ1) is 13.9. The number of benzene rings is 1. The number of rotatable bonds is 2. The first-order valence-electron chi connectivity index (χ1n) is 5.26. The van der Waals surface area contributed by atoms with Crippen LogP contribution in [0.15, 0.2) is 36.5 Å². The van der Waals surface area contributed by atoms with Crippen molar-refractivity contribution < 1.29 is 22.5 Å². The van der Waals surface area contributed by atoms with Crippen LogP contribution in [0.3, 0.4) is 0 Å². The highest BCUT2D eigenvalue weighted by Gasteiger charge is 2.30. The second kappa shape index (κ2) is 4.87. The predicted molar refractivity (Wildman–Crippen MR) is 61.3 cm³/mol. The molecule has 4 nitrogen and oxygen atoms in total. The van der Waals surface area contributed by atoms with Gasteiger partial charge in [-0.3, -0.25) is 10.1 Å². The van der Waals surface area contributed by atoms with Crippen LogP contribution in [0, 0.1) is 16.1 Å². The minimum absolute atomic E-state index is 0.0317. The van der Waals surface area contributed by atoms with Crippen molar-refractivity contribution in [1.82, 2.24) is 4.98 Å². The number of hydrogen-bond acceptors (Lipinski definition) is 3. The zero-order valence-corrected chi connectivity index (χ0v) is 9.69. The number of aromatic nitrogens is 1. The molecule has 0 aliphatic rings. The third-order valence-electron chi connectivity index (χ3n) is 2.54. The van der Waals surface area contributed by atoms with Gasteiger partial charge < -0.3 is 0 Å². The third kappa shape index (κ3) is 2.73. The summed E-state index contributed by atoms with van der Waals surface area (Å²) in [6.45, 7) is 0. The molecule has 0 radical (unpaired) electrons. The molecular weight excluding hydrogens is 280 g/mol. The molecular formula is C12H6F4N2O2. The second-order valence-electron chi connectivity index (χ2n) is 3.87. The summed E-state index contributed by atoms with van der Waals surface area (Å²) in [5.41, 5.74) is -1.69. The molecule has 0 saturated heterocycles. The molecule has 20 heavy (non-hydrogen) atoms. The van der Waals surface area contributed by atoms with Crippen LogP contribution in [0.4, 0.5) is 23.2 Å². The van der Waals surface area contributed by atoms with Gasteiger partial charge in [0, 0.05) is 17.8 Å². The molecule has 1 heterocycles. The maximum atomic E-state index is 13.1. The largest absolute Gasteiger partial charge is 0.416 e. The zero-order valence-electron chi connectivity index (χ0n) is 9.69. The molecule has 0 unspecified atom stereocenters. The molecule has 2 aromatic rings. The summed E-state index contributed by atoms with van der Waals surface area (Å²) in [6.07, 6.45) is -3.59. The molecule has 1 aromatic carbocycles. The van der Waals surface area contributed by atoms with Crippen LogP contribution >= 0.6 is 0 Å². The monoisotopic (exact) mass is 286 g/mol. The van der Waals surface area contributed by atoms with Crippen molar-refractivity contribution in [2.75, 3.05) is 0 Å². The highest BCUT2D eigenvalue weighted by Crippen LogP contribution is 2.32. The van der Waals surface area contributed by atoms with Crippen molar-refractivity contribution in [2.24, 2.45) is 0 Å². The Kier molecular flexibility index (Phi) is 3.39. The lowest BCUT2D eigenvalue weighted by Crippen LogP contribution is -2.04. The number of nitrogens with zero attached hydrogens (tertiary/aromatic N) is 2. The number of hydrogen-bond donors (Lipinski definition) is 0. The van der Waals surface area contributed by atoms with E-state index in [1.807, 2.05) is 0 Å². The summed E-state index contributed by atoms with van der Waals surface area (Å²) in [5.74, 6) is -1.29. The van der Waals surface area contributed by atoms with E-state index in [1.165, 1.54) is 6.07 Å². The van der Waals surface area contributed by atoms with Crippen LogP contribution in [-0.2, 0) is 6.18 Å². The smallest absolute Gasteiger partial charge is 0.258 e. The molecule has 0 N–H and O–H groups in total. The lowest BCUT2D eigenvalue weighted by atomic mass is 10.0. The first-order chi connectivity index (χ1) is 9.29. The van der Waals surface area contributed by atoms with Crippen molar-refractivity contribution >= 4 is 5.69 Å². The van der Waals surface area contributed by atoms with Gasteiger partial charge >= 0.3 is 11.9 Å². The molecule has 0 amide bonds. The predicted octanol–water partition coefficient (Wildman–Crippen LogP) is 3.81. The van der Waals surface area contributed by atoms with Gasteiger partial charge in [0.25, 0.3) is 5.95 Å². The summed E-state index contributed by atoms with van der Waals surface area (Å²) >= 11 is 0. The van der Waals surface area contributed by atoms with Crippen molar-refractivity contribution in [3.63, 3.8) is 0 Å². The van der Waals surface area contributed by atoms with E-state index < -0.39 is 28.3 Å². The van der Waals surface area contributed by atoms with Crippen molar-refractivity contribution in [1.29, 1.82) is 0 Å². The fraction of sp³-hybridized carbons (Fsp3) is 0.0833. The zero-order chi connectivity index (χ0) is 14.9. The van der Waals surface area contributed by atoms with Crippen LogP contribution in [0.1, 0.15) is 5.56 Å². The lowest BCUT2D eigenvalue weighted by Gasteiger charge is -2.08. The Hall–Kier alpha value is -2.51. The Balaban J connectivity index is 2.52. The van der Waals surface area contributed by atoms with Gasteiger partial charge in [-0.15, -0.1) is 0 Å². The van der Waals surface area contributed by atoms with E-state index in [0.717, 1.165) is 30.5 Å². The summed E-state index contributed by atoms with van der Waals surface area (Å²) in [5, 5.41) is 10.6. The normalized spacial score (nSPS) is 11.4. The molecule has 1 aromatic heterocycles. The molecule has 0 fully saturated rings. The van der Waals surface area contributed by atoms with E-state index in [-0.39, 0.29) is 11.1 Å². The lowest BCUT2D eigenvalue weighted by molar-refractivity contribution is -0.388. The molecule has 2 rings (SSSR count). The summed E-state index contributed by atoms with van der Waals surface area (Å²) < 4.78 is 50.8. The van der Waals surface area contributed by atoms with Gasteiger partial charge in [0.05, 0.1) is 10.5 Å². The van der Waals surface area contributed by atoms with E-state index in [1.54, 1.807) is 0 Å². The first-order valence-corrected chi connectivity index (χ1v) is 5.26. The third-order valence-corrected chi connectivity index (χ3v) is 2.54. The average molecular weight is 286 g/mol. The van der Waals surface area contributed by atoms with E-state index in [9.17, 15) is 27.7 Å². The topological polar surface area (TPSA) is 56.0 Å². The number of nitro groups is 1. The van der Waals surface area contributed by atoms with Crippen molar-refractivity contribution in [3.8, 4) is 11.1 Å². The number of pyridine rings is 1. The quantitative estimate of drug-likeness (QED) is 0.365. The Labute approximate surface area is 109 Å². The summed E-state index contributed by atoms with van der Waals surface area (Å²) in [6, 6.07) is 5.02. The van der Waals surface area contributed by atoms with Crippen LogP contribution < -0.4 is 0 Å². The van der Waals surface area contributed by atoms with E-state index >= 15 is 0 Å².